The number of allylic oxidation sites excluding steroid dienone is 6. The zero-order valence-electron chi connectivity index (χ0n) is 23.2. The maximum Gasteiger partial charge on any atom is 0.123 e. The van der Waals surface area contributed by atoms with E-state index in [1.807, 2.05) is 37.3 Å². The highest BCUT2D eigenvalue weighted by Gasteiger charge is 2.04. The Kier molecular flexibility index (Phi) is 11.3. The molecule has 0 radical (unpaired) electrons. The molecule has 0 aliphatic carbocycles. The maximum absolute atomic E-state index is 13.4. The van der Waals surface area contributed by atoms with Crippen LogP contribution in [0.2, 0.25) is 0 Å². The van der Waals surface area contributed by atoms with Crippen molar-refractivity contribution in [3.63, 3.8) is 0 Å². The summed E-state index contributed by atoms with van der Waals surface area (Å²) in [5.74, 6) is 0.548. The van der Waals surface area contributed by atoms with Gasteiger partial charge in [0.25, 0.3) is 0 Å². The summed E-state index contributed by atoms with van der Waals surface area (Å²) in [5, 5.41) is 8.66. The maximum atomic E-state index is 13.4. The molecule has 0 saturated heterocycles. The van der Waals surface area contributed by atoms with Crippen molar-refractivity contribution >= 4 is 22.9 Å². The molecule has 0 N–H and O–H groups in total. The molecule has 3 nitrogen and oxygen atoms in total. The van der Waals surface area contributed by atoms with Crippen molar-refractivity contribution in [2.45, 2.75) is 32.6 Å². The van der Waals surface area contributed by atoms with E-state index in [2.05, 4.69) is 67.1 Å². The second-order valence-electron chi connectivity index (χ2n) is 9.55. The first-order valence-corrected chi connectivity index (χ1v) is 13.2. The summed E-state index contributed by atoms with van der Waals surface area (Å²) in [6.45, 7) is 7.26. The summed E-state index contributed by atoms with van der Waals surface area (Å²) in [6, 6.07) is 25.1. The minimum Gasteiger partial charge on any atom is -0.497 e. The van der Waals surface area contributed by atoms with Crippen LogP contribution in [0.1, 0.15) is 49.3 Å². The van der Waals surface area contributed by atoms with Gasteiger partial charge in [-0.05, 0) is 95.6 Å². The fourth-order valence-corrected chi connectivity index (χ4v) is 4.17. The molecule has 4 heteroatoms. The third-order valence-electron chi connectivity index (χ3n) is 6.54. The number of nitrogens with zero attached hydrogens (tertiary/aromatic N) is 2. The van der Waals surface area contributed by atoms with Crippen molar-refractivity contribution in [1.29, 1.82) is 5.26 Å². The molecule has 200 valence electrons. The molecule has 3 aromatic rings. The molecule has 3 rings (SSSR count). The van der Waals surface area contributed by atoms with E-state index < -0.39 is 0 Å². The second-order valence-corrected chi connectivity index (χ2v) is 9.55. The number of unbranched alkanes of at least 4 members (excludes halogenated alkanes) is 3. The first-order valence-electron chi connectivity index (χ1n) is 13.2. The van der Waals surface area contributed by atoms with Crippen molar-refractivity contribution in [1.82, 2.24) is 0 Å². The lowest BCUT2D eigenvalue weighted by atomic mass is 9.97. The zero-order valence-corrected chi connectivity index (χ0v) is 23.2. The number of benzene rings is 3. The first-order chi connectivity index (χ1) is 18.9. The van der Waals surface area contributed by atoms with Gasteiger partial charge in [0.05, 0.1) is 13.2 Å². The minimum absolute atomic E-state index is 0.248. The molecule has 3 aromatic carbocycles. The van der Waals surface area contributed by atoms with E-state index in [1.165, 1.54) is 17.8 Å². The van der Waals surface area contributed by atoms with E-state index >= 15 is 0 Å². The number of ether oxygens (including phenoxy) is 1. The average molecular weight is 521 g/mol. The summed E-state index contributed by atoms with van der Waals surface area (Å²) in [5.41, 5.74) is 7.16. The molecule has 0 atom stereocenters. The highest BCUT2D eigenvalue weighted by molar-refractivity contribution is 5.85. The van der Waals surface area contributed by atoms with Crippen LogP contribution >= 0.6 is 0 Å². The van der Waals surface area contributed by atoms with E-state index in [9.17, 15) is 4.39 Å². The predicted molar refractivity (Wildman–Crippen MR) is 163 cm³/mol. The van der Waals surface area contributed by atoms with Crippen LogP contribution in [0.3, 0.4) is 0 Å². The van der Waals surface area contributed by atoms with Gasteiger partial charge in [-0.2, -0.15) is 5.26 Å². The van der Waals surface area contributed by atoms with Gasteiger partial charge in [-0.3, -0.25) is 0 Å². The quantitative estimate of drug-likeness (QED) is 0.167. The minimum atomic E-state index is -0.248. The predicted octanol–water partition coefficient (Wildman–Crippen LogP) is 9.11. The third kappa shape index (κ3) is 9.47. The van der Waals surface area contributed by atoms with Gasteiger partial charge < -0.3 is 9.64 Å². The zero-order chi connectivity index (χ0) is 28.0. The lowest BCUT2D eigenvalue weighted by Crippen LogP contribution is -2.18. The Bertz CT molecular complexity index is 1340. The van der Waals surface area contributed by atoms with Crippen molar-refractivity contribution in [3.8, 4) is 11.8 Å². The topological polar surface area (TPSA) is 36.3 Å². The Morgan fingerprint density at radius 1 is 0.923 bits per heavy atom. The highest BCUT2D eigenvalue weighted by Crippen LogP contribution is 2.26. The summed E-state index contributed by atoms with van der Waals surface area (Å²) in [7, 11) is 3.75. The van der Waals surface area contributed by atoms with Crippen LogP contribution in [0.4, 0.5) is 10.1 Å². The van der Waals surface area contributed by atoms with E-state index in [1.54, 1.807) is 19.2 Å². The van der Waals surface area contributed by atoms with Gasteiger partial charge >= 0.3 is 0 Å². The Balaban J connectivity index is 1.74. The summed E-state index contributed by atoms with van der Waals surface area (Å²) in [4.78, 5) is 2.25. The first kappa shape index (κ1) is 29.2. The average Bonchev–Trinajstić information content (AvgIpc) is 2.96. The van der Waals surface area contributed by atoms with Crippen LogP contribution in [0, 0.1) is 17.1 Å². The summed E-state index contributed by atoms with van der Waals surface area (Å²) in [6.07, 6.45) is 12.0. The van der Waals surface area contributed by atoms with Crippen LogP contribution < -0.4 is 9.64 Å². The molecule has 0 fully saturated rings. The molecule has 0 saturated carbocycles. The fraction of sp³-hybridized carbons (Fsp3) is 0.229. The Labute approximate surface area is 232 Å². The smallest absolute Gasteiger partial charge is 0.123 e. The normalized spacial score (nSPS) is 11.9. The SMILES string of the molecule is C=C(/C=C/c1ccc(N(C)CCCCCC#N)cc1)/C=C(\C=C(/C)c1ccc(F)cc1)c1ccc(OC)cc1. The molecule has 0 aromatic heterocycles. The van der Waals surface area contributed by atoms with Crippen LogP contribution in [0.5, 0.6) is 5.75 Å². The van der Waals surface area contributed by atoms with Gasteiger partial charge in [-0.15, -0.1) is 0 Å². The molecule has 0 bridgehead atoms. The largest absolute Gasteiger partial charge is 0.497 e. The van der Waals surface area contributed by atoms with Crippen LogP contribution in [0.15, 0.2) is 103 Å². The fourth-order valence-electron chi connectivity index (χ4n) is 4.17. The standard InChI is InChI=1S/C35H37FN2O/c1-27(9-10-29-11-19-34(20-12-29)38(3)24-8-6-5-7-23-37)25-32(31-15-21-35(39-4)22-16-31)26-28(2)30-13-17-33(36)18-14-30/h9-22,25-26H,1,5-8,24H2,2-4H3/b10-9+,28-26+,32-25+. The van der Waals surface area contributed by atoms with Crippen molar-refractivity contribution in [2.75, 3.05) is 25.6 Å². The molecular weight excluding hydrogens is 483 g/mol. The lowest BCUT2D eigenvalue weighted by molar-refractivity contribution is 0.415. The van der Waals surface area contributed by atoms with E-state index in [0.717, 1.165) is 65.0 Å². The van der Waals surface area contributed by atoms with Gasteiger partial charge in [0.2, 0.25) is 0 Å². The van der Waals surface area contributed by atoms with Gasteiger partial charge in [-0.25, -0.2) is 4.39 Å². The van der Waals surface area contributed by atoms with Gasteiger partial charge in [0.1, 0.15) is 11.6 Å². The number of anilines is 1. The molecule has 0 unspecified atom stereocenters. The molecule has 0 heterocycles. The summed E-state index contributed by atoms with van der Waals surface area (Å²) >= 11 is 0. The van der Waals surface area contributed by atoms with Crippen LogP contribution in [-0.2, 0) is 0 Å². The second kappa shape index (κ2) is 15.1. The van der Waals surface area contributed by atoms with Crippen molar-refractivity contribution in [3.05, 3.63) is 126 Å². The number of hydrogen-bond donors (Lipinski definition) is 0. The molecule has 0 aliphatic heterocycles. The number of methoxy groups -OCH3 is 1. The molecule has 0 aliphatic rings. The molecule has 0 spiro atoms. The molecule has 39 heavy (non-hydrogen) atoms. The van der Waals surface area contributed by atoms with Crippen LogP contribution in [-0.4, -0.2) is 20.7 Å². The number of halogens is 1. The Morgan fingerprint density at radius 3 is 2.23 bits per heavy atom. The van der Waals surface area contributed by atoms with Crippen molar-refractivity contribution in [2.24, 2.45) is 0 Å². The monoisotopic (exact) mass is 520 g/mol. The summed E-state index contributed by atoms with van der Waals surface area (Å²) < 4.78 is 18.7. The third-order valence-corrected chi connectivity index (χ3v) is 6.54. The van der Waals surface area contributed by atoms with Crippen LogP contribution in [0.25, 0.3) is 17.2 Å². The lowest BCUT2D eigenvalue weighted by Gasteiger charge is -2.19. The molecule has 0 amide bonds. The Hall–Kier alpha value is -4.36. The van der Waals surface area contributed by atoms with E-state index in [4.69, 9.17) is 10.00 Å². The van der Waals surface area contributed by atoms with Gasteiger partial charge in [0.15, 0.2) is 0 Å². The number of rotatable bonds is 13. The molecular formula is C35H37FN2O. The number of nitriles is 1. The van der Waals surface area contributed by atoms with E-state index in [-0.39, 0.29) is 5.82 Å². The van der Waals surface area contributed by atoms with Gasteiger partial charge in [0, 0.05) is 25.7 Å². The Morgan fingerprint density at radius 2 is 1.59 bits per heavy atom. The van der Waals surface area contributed by atoms with E-state index in [0.29, 0.717) is 6.42 Å². The van der Waals surface area contributed by atoms with Gasteiger partial charge in [-0.1, -0.05) is 67.6 Å². The number of hydrogen-bond acceptors (Lipinski definition) is 3. The highest BCUT2D eigenvalue weighted by atomic mass is 19.1. The van der Waals surface area contributed by atoms with Crippen molar-refractivity contribution < 1.29 is 9.13 Å².